The van der Waals surface area contributed by atoms with E-state index >= 15 is 0 Å². The quantitative estimate of drug-likeness (QED) is 0.350. The first-order chi connectivity index (χ1) is 17.4. The zero-order valence-corrected chi connectivity index (χ0v) is 20.9. The van der Waals surface area contributed by atoms with E-state index in [-0.39, 0.29) is 12.3 Å². The highest BCUT2D eigenvalue weighted by molar-refractivity contribution is 6.35. The summed E-state index contributed by atoms with van der Waals surface area (Å²) in [7, 11) is 1.52. The van der Waals surface area contributed by atoms with Gasteiger partial charge in [-0.25, -0.2) is 4.98 Å². The van der Waals surface area contributed by atoms with Crippen molar-refractivity contribution in [3.63, 3.8) is 0 Å². The monoisotopic (exact) mass is 524 g/mol. The highest BCUT2D eigenvalue weighted by Gasteiger charge is 2.21. The van der Waals surface area contributed by atoms with E-state index in [1.165, 1.54) is 19.5 Å². The lowest BCUT2D eigenvalue weighted by atomic mass is 10.0. The van der Waals surface area contributed by atoms with Crippen LogP contribution in [0.2, 0.25) is 10.0 Å². The van der Waals surface area contributed by atoms with E-state index in [9.17, 15) is 10.1 Å². The number of benzene rings is 1. The second kappa shape index (κ2) is 11.2. The molecule has 1 saturated heterocycles. The van der Waals surface area contributed by atoms with Crippen LogP contribution in [0.1, 0.15) is 22.3 Å². The summed E-state index contributed by atoms with van der Waals surface area (Å²) in [4.78, 5) is 23.1. The zero-order valence-electron chi connectivity index (χ0n) is 19.4. The van der Waals surface area contributed by atoms with Gasteiger partial charge in [0.1, 0.15) is 18.5 Å². The lowest BCUT2D eigenvalue weighted by Crippen LogP contribution is -2.46. The molecule has 4 rings (SSSR count). The number of hydrogen-bond acceptors (Lipinski definition) is 8. The summed E-state index contributed by atoms with van der Waals surface area (Å²) in [5.41, 5.74) is 2.16. The Kier molecular flexibility index (Phi) is 7.88. The molecule has 11 heteroatoms. The Hall–Kier alpha value is -3.87. The molecular weight excluding hydrogens is 503 g/mol. The number of nitrogens with zero attached hydrogens (tertiary/aromatic N) is 5. The minimum Gasteiger partial charge on any atom is -0.493 e. The van der Waals surface area contributed by atoms with Crippen LogP contribution in [0.5, 0.6) is 11.5 Å². The fourth-order valence-electron chi connectivity index (χ4n) is 3.81. The highest BCUT2D eigenvalue weighted by Crippen LogP contribution is 2.32. The molecule has 1 N–H and O–H groups in total. The maximum absolute atomic E-state index is 11.0. The number of piperazine rings is 1. The number of anilines is 1. The first-order valence-corrected chi connectivity index (χ1v) is 11.7. The number of pyridine rings is 2. The van der Waals surface area contributed by atoms with Crippen molar-refractivity contribution in [2.75, 3.05) is 38.2 Å². The highest BCUT2D eigenvalue weighted by atomic mass is 35.5. The van der Waals surface area contributed by atoms with E-state index in [0.717, 1.165) is 6.41 Å². The average Bonchev–Trinajstić information content (AvgIpc) is 2.92. The lowest BCUT2D eigenvalue weighted by molar-refractivity contribution is -0.118. The van der Waals surface area contributed by atoms with Crippen LogP contribution in [0, 0.1) is 16.7 Å². The van der Waals surface area contributed by atoms with Gasteiger partial charge in [0, 0.05) is 61.5 Å². The van der Waals surface area contributed by atoms with Crippen molar-refractivity contribution in [1.29, 1.82) is 10.7 Å². The van der Waals surface area contributed by atoms with Gasteiger partial charge in [0.05, 0.1) is 28.4 Å². The van der Waals surface area contributed by atoms with Gasteiger partial charge in [-0.15, -0.1) is 0 Å². The van der Waals surface area contributed by atoms with Gasteiger partial charge in [-0.3, -0.25) is 15.2 Å². The first-order valence-electron chi connectivity index (χ1n) is 11.0. The van der Waals surface area contributed by atoms with Crippen LogP contribution in [0.25, 0.3) is 0 Å². The predicted molar refractivity (Wildman–Crippen MR) is 136 cm³/mol. The summed E-state index contributed by atoms with van der Waals surface area (Å²) < 4.78 is 11.4. The van der Waals surface area contributed by atoms with Crippen molar-refractivity contribution in [2.45, 2.75) is 6.61 Å². The van der Waals surface area contributed by atoms with Gasteiger partial charge < -0.3 is 19.3 Å². The summed E-state index contributed by atoms with van der Waals surface area (Å²) >= 11 is 12.4. The third-order valence-electron chi connectivity index (χ3n) is 5.82. The zero-order chi connectivity index (χ0) is 25.7. The molecule has 1 aliphatic heterocycles. The number of carbonyl (C=O) groups excluding carboxylic acids is 1. The number of methoxy groups -OCH3 is 1. The molecule has 1 amide bonds. The number of nitriles is 1. The molecule has 1 aromatic carbocycles. The minimum atomic E-state index is 0.0829. The van der Waals surface area contributed by atoms with Crippen molar-refractivity contribution in [3.8, 4) is 17.6 Å². The molecule has 0 saturated carbocycles. The normalized spacial score (nSPS) is 13.2. The minimum absolute atomic E-state index is 0.0829. The summed E-state index contributed by atoms with van der Waals surface area (Å²) in [6, 6.07) is 8.96. The standard InChI is InChI=1S/C25H22Cl2N6O3/c1-35-22-3-2-16(9-23(22)36-14-19-20(26)12-30-13-21(19)27)24(29)18-8-17(10-28)25(31-11-18)33-6-4-32(15-34)5-7-33/h2-3,8-9,11-13,15,29H,4-7,14H2,1H3. The Morgan fingerprint density at radius 3 is 2.47 bits per heavy atom. The van der Waals surface area contributed by atoms with Gasteiger partial charge >= 0.3 is 0 Å². The van der Waals surface area contributed by atoms with Gasteiger partial charge in [0.2, 0.25) is 6.41 Å². The molecule has 0 spiro atoms. The van der Waals surface area contributed by atoms with Gasteiger partial charge in [-0.1, -0.05) is 23.2 Å². The molecule has 0 aliphatic carbocycles. The number of ether oxygens (including phenoxy) is 2. The maximum Gasteiger partial charge on any atom is 0.209 e. The summed E-state index contributed by atoms with van der Waals surface area (Å²) in [5.74, 6) is 1.43. The van der Waals surface area contributed by atoms with Crippen LogP contribution in [0.4, 0.5) is 5.82 Å². The number of amides is 1. The number of rotatable bonds is 8. The smallest absolute Gasteiger partial charge is 0.209 e. The van der Waals surface area contributed by atoms with Crippen molar-refractivity contribution < 1.29 is 14.3 Å². The van der Waals surface area contributed by atoms with E-state index in [0.29, 0.717) is 75.8 Å². The topological polar surface area (TPSA) is 115 Å². The van der Waals surface area contributed by atoms with E-state index in [1.807, 2.05) is 4.90 Å². The third kappa shape index (κ3) is 5.35. The number of aromatic nitrogens is 2. The Morgan fingerprint density at radius 2 is 1.83 bits per heavy atom. The van der Waals surface area contributed by atoms with Crippen LogP contribution in [-0.2, 0) is 11.4 Å². The molecule has 0 unspecified atom stereocenters. The van der Waals surface area contributed by atoms with Gasteiger partial charge in [-0.2, -0.15) is 5.26 Å². The van der Waals surface area contributed by atoms with Crippen LogP contribution < -0.4 is 14.4 Å². The van der Waals surface area contributed by atoms with Gasteiger partial charge in [0.15, 0.2) is 11.5 Å². The van der Waals surface area contributed by atoms with Crippen LogP contribution in [0.15, 0.2) is 42.9 Å². The fourth-order valence-corrected chi connectivity index (χ4v) is 4.28. The molecule has 3 heterocycles. The van der Waals surface area contributed by atoms with Gasteiger partial charge in [0.25, 0.3) is 0 Å². The molecule has 184 valence electrons. The Bertz CT molecular complexity index is 1320. The van der Waals surface area contributed by atoms with Crippen LogP contribution in [0.3, 0.4) is 0 Å². The van der Waals surface area contributed by atoms with Crippen molar-refractivity contribution in [3.05, 3.63) is 75.2 Å². The third-order valence-corrected chi connectivity index (χ3v) is 6.47. The predicted octanol–water partition coefficient (Wildman–Crippen LogP) is 3.94. The molecule has 0 radical (unpaired) electrons. The Labute approximate surface area is 218 Å². The molecule has 3 aromatic rings. The average molecular weight is 525 g/mol. The summed E-state index contributed by atoms with van der Waals surface area (Å²) in [6.07, 6.45) is 5.38. The number of nitrogens with one attached hydrogen (secondary N) is 1. The molecule has 1 aliphatic rings. The number of halogens is 2. The second-order valence-electron chi connectivity index (χ2n) is 7.95. The molecule has 36 heavy (non-hydrogen) atoms. The van der Waals surface area contributed by atoms with E-state index in [1.54, 1.807) is 35.4 Å². The van der Waals surface area contributed by atoms with E-state index in [4.69, 9.17) is 38.1 Å². The molecule has 0 bridgehead atoms. The summed E-state index contributed by atoms with van der Waals surface area (Å²) in [5, 5.41) is 19.3. The molecular formula is C25H22Cl2N6O3. The SMILES string of the molecule is COc1ccc(C(=N)c2cnc(N3CCN(C=O)CC3)c(C#N)c2)cc1OCc1c(Cl)cncc1Cl. The maximum atomic E-state index is 11.0. The van der Waals surface area contributed by atoms with E-state index < -0.39 is 0 Å². The van der Waals surface area contributed by atoms with Gasteiger partial charge in [-0.05, 0) is 24.3 Å². The van der Waals surface area contributed by atoms with Crippen molar-refractivity contribution in [2.24, 2.45) is 0 Å². The molecule has 2 aromatic heterocycles. The number of carbonyl (C=O) groups is 1. The summed E-state index contributed by atoms with van der Waals surface area (Å²) in [6.45, 7) is 2.39. The largest absolute Gasteiger partial charge is 0.493 e. The Balaban J connectivity index is 1.56. The first kappa shape index (κ1) is 25.2. The fraction of sp³-hybridized carbons (Fsp3) is 0.240. The van der Waals surface area contributed by atoms with Crippen molar-refractivity contribution >= 4 is 41.1 Å². The number of hydrogen-bond donors (Lipinski definition) is 1. The van der Waals surface area contributed by atoms with Crippen LogP contribution >= 0.6 is 23.2 Å². The van der Waals surface area contributed by atoms with Crippen LogP contribution in [-0.4, -0.2) is 60.3 Å². The Morgan fingerprint density at radius 1 is 1.11 bits per heavy atom. The van der Waals surface area contributed by atoms with E-state index in [2.05, 4.69) is 16.0 Å². The molecule has 1 fully saturated rings. The molecule has 9 nitrogen and oxygen atoms in total. The second-order valence-corrected chi connectivity index (χ2v) is 8.76. The molecule has 0 atom stereocenters. The lowest BCUT2D eigenvalue weighted by Gasteiger charge is -2.33. The van der Waals surface area contributed by atoms with Crippen molar-refractivity contribution in [1.82, 2.24) is 14.9 Å².